The smallest absolute Gasteiger partial charge is 0.409 e. The van der Waals surface area contributed by atoms with Crippen molar-refractivity contribution in [1.82, 2.24) is 14.9 Å². The van der Waals surface area contributed by atoms with Crippen molar-refractivity contribution in [2.24, 2.45) is 5.92 Å². The Balaban J connectivity index is 1.55. The standard InChI is InChI=1S/C18H29N5O2/c1-15(2)13-25-18(24)23-10-8-22(9-11-23)17-12-16(19-14-20-17)21-6-4-3-5-7-21/h12,14-15H,3-11,13H2,1-2H3. The molecule has 1 amide bonds. The monoisotopic (exact) mass is 347 g/mol. The molecule has 0 saturated carbocycles. The first-order chi connectivity index (χ1) is 12.1. The highest BCUT2D eigenvalue weighted by Gasteiger charge is 2.24. The summed E-state index contributed by atoms with van der Waals surface area (Å²) < 4.78 is 5.32. The van der Waals surface area contributed by atoms with Crippen LogP contribution in [0.5, 0.6) is 0 Å². The predicted molar refractivity (Wildman–Crippen MR) is 98.1 cm³/mol. The second-order valence-corrected chi connectivity index (χ2v) is 7.23. The number of ether oxygens (including phenoxy) is 1. The van der Waals surface area contributed by atoms with Crippen molar-refractivity contribution in [2.45, 2.75) is 33.1 Å². The molecule has 7 heteroatoms. The fraction of sp³-hybridized carbons (Fsp3) is 0.722. The van der Waals surface area contributed by atoms with E-state index in [4.69, 9.17) is 4.74 Å². The zero-order chi connectivity index (χ0) is 17.6. The number of aromatic nitrogens is 2. The highest BCUT2D eigenvalue weighted by atomic mass is 16.6. The van der Waals surface area contributed by atoms with Crippen LogP contribution in [0.1, 0.15) is 33.1 Å². The number of rotatable bonds is 4. The third-order valence-electron chi connectivity index (χ3n) is 4.72. The van der Waals surface area contributed by atoms with Gasteiger partial charge >= 0.3 is 6.09 Å². The summed E-state index contributed by atoms with van der Waals surface area (Å²) in [5.74, 6) is 2.33. The summed E-state index contributed by atoms with van der Waals surface area (Å²) in [6.07, 6.45) is 5.23. The molecule has 7 nitrogen and oxygen atoms in total. The lowest BCUT2D eigenvalue weighted by Crippen LogP contribution is -2.49. The molecule has 0 atom stereocenters. The van der Waals surface area contributed by atoms with Crippen LogP contribution in [-0.4, -0.2) is 66.8 Å². The van der Waals surface area contributed by atoms with E-state index in [-0.39, 0.29) is 6.09 Å². The van der Waals surface area contributed by atoms with E-state index >= 15 is 0 Å². The molecular formula is C18H29N5O2. The molecule has 3 heterocycles. The summed E-state index contributed by atoms with van der Waals surface area (Å²) in [4.78, 5) is 27.3. The van der Waals surface area contributed by atoms with Gasteiger partial charge in [0.15, 0.2) is 0 Å². The third-order valence-corrected chi connectivity index (χ3v) is 4.72. The number of piperidine rings is 1. The average molecular weight is 347 g/mol. The quantitative estimate of drug-likeness (QED) is 0.833. The Morgan fingerprint density at radius 1 is 1.00 bits per heavy atom. The Kier molecular flexibility index (Phi) is 5.94. The van der Waals surface area contributed by atoms with Crippen molar-refractivity contribution in [3.05, 3.63) is 12.4 Å². The molecule has 0 aromatic carbocycles. The second-order valence-electron chi connectivity index (χ2n) is 7.23. The Morgan fingerprint density at radius 3 is 2.20 bits per heavy atom. The maximum atomic E-state index is 12.1. The molecule has 0 spiro atoms. The van der Waals surface area contributed by atoms with Crippen molar-refractivity contribution in [3.8, 4) is 0 Å². The average Bonchev–Trinajstić information content (AvgIpc) is 2.67. The molecule has 2 saturated heterocycles. The van der Waals surface area contributed by atoms with E-state index in [1.165, 1.54) is 19.3 Å². The molecule has 138 valence electrons. The lowest BCUT2D eigenvalue weighted by molar-refractivity contribution is 0.0901. The van der Waals surface area contributed by atoms with Crippen LogP contribution in [0.15, 0.2) is 12.4 Å². The number of anilines is 2. The predicted octanol–water partition coefficient (Wildman–Crippen LogP) is 2.38. The zero-order valence-corrected chi connectivity index (χ0v) is 15.4. The van der Waals surface area contributed by atoms with Gasteiger partial charge in [-0.05, 0) is 25.2 Å². The first-order valence-electron chi connectivity index (χ1n) is 9.37. The van der Waals surface area contributed by atoms with E-state index in [1.807, 2.05) is 13.8 Å². The van der Waals surface area contributed by atoms with Crippen molar-refractivity contribution in [2.75, 3.05) is 55.7 Å². The molecule has 0 N–H and O–H groups in total. The summed E-state index contributed by atoms with van der Waals surface area (Å²) in [5, 5.41) is 0. The van der Waals surface area contributed by atoms with E-state index in [2.05, 4.69) is 25.8 Å². The number of carbonyl (C=O) groups is 1. The van der Waals surface area contributed by atoms with Crippen molar-refractivity contribution in [1.29, 1.82) is 0 Å². The highest BCUT2D eigenvalue weighted by molar-refractivity contribution is 5.68. The Hall–Kier alpha value is -2.05. The molecule has 2 fully saturated rings. The minimum atomic E-state index is -0.204. The minimum Gasteiger partial charge on any atom is -0.449 e. The number of hydrogen-bond acceptors (Lipinski definition) is 6. The minimum absolute atomic E-state index is 0.204. The van der Waals surface area contributed by atoms with Crippen LogP contribution in [0.4, 0.5) is 16.4 Å². The van der Waals surface area contributed by atoms with E-state index in [1.54, 1.807) is 11.2 Å². The van der Waals surface area contributed by atoms with Gasteiger partial charge in [0.2, 0.25) is 0 Å². The van der Waals surface area contributed by atoms with Crippen LogP contribution in [0, 0.1) is 5.92 Å². The third kappa shape index (κ3) is 4.74. The van der Waals surface area contributed by atoms with Crippen LogP contribution >= 0.6 is 0 Å². The van der Waals surface area contributed by atoms with Gasteiger partial charge in [0, 0.05) is 45.3 Å². The van der Waals surface area contributed by atoms with Gasteiger partial charge in [-0.3, -0.25) is 0 Å². The lowest BCUT2D eigenvalue weighted by atomic mass is 10.1. The Bertz CT molecular complexity index is 566. The normalized spacial score (nSPS) is 18.6. The van der Waals surface area contributed by atoms with Crippen LogP contribution in [0.25, 0.3) is 0 Å². The van der Waals surface area contributed by atoms with E-state index in [9.17, 15) is 4.79 Å². The van der Waals surface area contributed by atoms with Crippen LogP contribution < -0.4 is 9.80 Å². The van der Waals surface area contributed by atoms with Gasteiger partial charge < -0.3 is 19.4 Å². The molecule has 1 aromatic heterocycles. The number of piperazine rings is 1. The second kappa shape index (κ2) is 8.36. The number of amides is 1. The van der Waals surface area contributed by atoms with Gasteiger partial charge in [0.25, 0.3) is 0 Å². The summed E-state index contributed by atoms with van der Waals surface area (Å²) in [5.41, 5.74) is 0. The molecule has 2 aliphatic heterocycles. The Labute approximate surface area is 150 Å². The SMILES string of the molecule is CC(C)COC(=O)N1CCN(c2cc(N3CCCCC3)ncn2)CC1. The van der Waals surface area contributed by atoms with Gasteiger partial charge in [-0.1, -0.05) is 13.8 Å². The number of carbonyl (C=O) groups excluding carboxylic acids is 1. The zero-order valence-electron chi connectivity index (χ0n) is 15.4. The van der Waals surface area contributed by atoms with Gasteiger partial charge in [0.05, 0.1) is 6.61 Å². The van der Waals surface area contributed by atoms with Crippen molar-refractivity contribution >= 4 is 17.7 Å². The molecule has 2 aliphatic rings. The highest BCUT2D eigenvalue weighted by Crippen LogP contribution is 2.22. The fourth-order valence-corrected chi connectivity index (χ4v) is 3.25. The molecular weight excluding hydrogens is 318 g/mol. The molecule has 3 rings (SSSR count). The van der Waals surface area contributed by atoms with Gasteiger partial charge in [0.1, 0.15) is 18.0 Å². The Morgan fingerprint density at radius 2 is 1.60 bits per heavy atom. The lowest BCUT2D eigenvalue weighted by Gasteiger charge is -2.35. The van der Waals surface area contributed by atoms with Crippen LogP contribution in [0.3, 0.4) is 0 Å². The maximum Gasteiger partial charge on any atom is 0.409 e. The summed E-state index contributed by atoms with van der Waals surface area (Å²) in [7, 11) is 0. The molecule has 0 unspecified atom stereocenters. The summed E-state index contributed by atoms with van der Waals surface area (Å²) in [6, 6.07) is 2.08. The van der Waals surface area contributed by atoms with Crippen LogP contribution in [-0.2, 0) is 4.74 Å². The molecule has 0 radical (unpaired) electrons. The van der Waals surface area contributed by atoms with Gasteiger partial charge in [-0.25, -0.2) is 14.8 Å². The topological polar surface area (TPSA) is 61.8 Å². The van der Waals surface area contributed by atoms with E-state index in [0.717, 1.165) is 37.8 Å². The van der Waals surface area contributed by atoms with E-state index < -0.39 is 0 Å². The first kappa shape index (κ1) is 17.8. The van der Waals surface area contributed by atoms with E-state index in [0.29, 0.717) is 25.6 Å². The first-order valence-corrected chi connectivity index (χ1v) is 9.37. The number of hydrogen-bond donors (Lipinski definition) is 0. The van der Waals surface area contributed by atoms with Crippen LogP contribution in [0.2, 0.25) is 0 Å². The molecule has 0 aliphatic carbocycles. The van der Waals surface area contributed by atoms with Crippen molar-refractivity contribution < 1.29 is 9.53 Å². The molecule has 25 heavy (non-hydrogen) atoms. The largest absolute Gasteiger partial charge is 0.449 e. The van der Waals surface area contributed by atoms with Gasteiger partial charge in [-0.15, -0.1) is 0 Å². The summed E-state index contributed by atoms with van der Waals surface area (Å²) in [6.45, 7) is 9.59. The van der Waals surface area contributed by atoms with Gasteiger partial charge in [-0.2, -0.15) is 0 Å². The molecule has 1 aromatic rings. The maximum absolute atomic E-state index is 12.1. The number of nitrogens with zero attached hydrogens (tertiary/aromatic N) is 5. The summed E-state index contributed by atoms with van der Waals surface area (Å²) >= 11 is 0. The fourth-order valence-electron chi connectivity index (χ4n) is 3.25. The molecule has 0 bridgehead atoms. The van der Waals surface area contributed by atoms with Crippen molar-refractivity contribution in [3.63, 3.8) is 0 Å².